The molecule has 0 unspecified atom stereocenters. The predicted molar refractivity (Wildman–Crippen MR) is 74.4 cm³/mol. The van der Waals surface area contributed by atoms with Gasteiger partial charge < -0.3 is 5.32 Å². The first-order chi connectivity index (χ1) is 10.4. The Morgan fingerprint density at radius 2 is 2.09 bits per heavy atom. The summed E-state index contributed by atoms with van der Waals surface area (Å²) in [5.41, 5.74) is 2.34. The van der Waals surface area contributed by atoms with Crippen molar-refractivity contribution in [2.45, 2.75) is 12.6 Å². The summed E-state index contributed by atoms with van der Waals surface area (Å²) in [4.78, 5) is 4.11. The summed E-state index contributed by atoms with van der Waals surface area (Å²) in [5.74, 6) is 0. The third-order valence-electron chi connectivity index (χ3n) is 3.17. The topological polar surface area (TPSA) is 60.0 Å². The first-order valence-corrected chi connectivity index (χ1v) is 6.57. The number of alkyl halides is 3. The van der Waals surface area contributed by atoms with Crippen LogP contribution < -0.4 is 5.32 Å². The van der Waals surface area contributed by atoms with E-state index in [1.807, 2.05) is 0 Å². The van der Waals surface area contributed by atoms with Gasteiger partial charge in [0.25, 0.3) is 0 Å². The Morgan fingerprint density at radius 3 is 2.77 bits per heavy atom. The highest BCUT2D eigenvalue weighted by Gasteiger charge is 2.26. The molecular formula is C13H13F3N6. The van der Waals surface area contributed by atoms with Crippen LogP contribution in [0.5, 0.6) is 0 Å². The van der Waals surface area contributed by atoms with E-state index in [9.17, 15) is 13.2 Å². The molecule has 9 heteroatoms. The van der Waals surface area contributed by atoms with Crippen molar-refractivity contribution in [2.75, 3.05) is 11.9 Å². The zero-order valence-corrected chi connectivity index (χ0v) is 11.7. The van der Waals surface area contributed by atoms with Gasteiger partial charge >= 0.3 is 6.18 Å². The molecule has 0 saturated carbocycles. The Balaban J connectivity index is 1.94. The van der Waals surface area contributed by atoms with E-state index < -0.39 is 12.6 Å². The summed E-state index contributed by atoms with van der Waals surface area (Å²) < 4.78 is 40.0. The molecule has 0 aliphatic heterocycles. The highest BCUT2D eigenvalue weighted by Crippen LogP contribution is 2.24. The molecule has 1 N–H and O–H groups in total. The van der Waals surface area contributed by atoms with Crippen LogP contribution in [0.3, 0.4) is 0 Å². The van der Waals surface area contributed by atoms with Gasteiger partial charge in [0.15, 0.2) is 5.65 Å². The molecule has 3 aromatic rings. The van der Waals surface area contributed by atoms with E-state index >= 15 is 0 Å². The monoisotopic (exact) mass is 310 g/mol. The molecule has 0 spiro atoms. The van der Waals surface area contributed by atoms with Crippen LogP contribution >= 0.6 is 0 Å². The number of nitrogens with one attached hydrogen (secondary N) is 1. The molecule has 0 aliphatic carbocycles. The van der Waals surface area contributed by atoms with E-state index in [-0.39, 0.29) is 6.54 Å². The summed E-state index contributed by atoms with van der Waals surface area (Å²) in [6.07, 6.45) is -0.292. The van der Waals surface area contributed by atoms with Crippen LogP contribution in [0.25, 0.3) is 17.0 Å². The average molecular weight is 310 g/mol. The van der Waals surface area contributed by atoms with Gasteiger partial charge in [0.05, 0.1) is 17.8 Å². The van der Waals surface area contributed by atoms with Crippen LogP contribution in [0.4, 0.5) is 18.9 Å². The summed E-state index contributed by atoms with van der Waals surface area (Å²) in [6.45, 7) is -0.221. The minimum atomic E-state index is -4.20. The summed E-state index contributed by atoms with van der Waals surface area (Å²) in [5, 5.41) is 11.2. The number of halogens is 3. The van der Waals surface area contributed by atoms with E-state index in [1.165, 1.54) is 4.52 Å². The Hall–Kier alpha value is -2.58. The number of nitrogens with zero attached hydrogens (tertiary/aromatic N) is 5. The van der Waals surface area contributed by atoms with Crippen molar-refractivity contribution in [1.82, 2.24) is 24.4 Å². The van der Waals surface area contributed by atoms with Gasteiger partial charge in [-0.15, -0.1) is 0 Å². The summed E-state index contributed by atoms with van der Waals surface area (Å²) in [7, 11) is 1.77. The Morgan fingerprint density at radius 1 is 1.27 bits per heavy atom. The molecule has 0 radical (unpaired) electrons. The SMILES string of the molecule is Cn1nccc1-c1cc(NCCC(F)(F)F)c2nccn2n1. The Bertz CT molecular complexity index is 789. The normalized spacial score (nSPS) is 12.0. The number of imidazole rings is 1. The number of fused-ring (bicyclic) bond motifs is 1. The molecule has 0 aliphatic rings. The number of hydrogen-bond donors (Lipinski definition) is 1. The van der Waals surface area contributed by atoms with Crippen molar-refractivity contribution in [3.63, 3.8) is 0 Å². The van der Waals surface area contributed by atoms with Gasteiger partial charge in [-0.25, -0.2) is 9.50 Å². The van der Waals surface area contributed by atoms with E-state index in [0.717, 1.165) is 5.69 Å². The average Bonchev–Trinajstić information content (AvgIpc) is 3.05. The maximum absolute atomic E-state index is 12.3. The second kappa shape index (κ2) is 5.32. The van der Waals surface area contributed by atoms with Crippen LogP contribution in [-0.2, 0) is 7.05 Å². The molecule has 0 bridgehead atoms. The molecule has 6 nitrogen and oxygen atoms in total. The lowest BCUT2D eigenvalue weighted by Gasteiger charge is -2.11. The van der Waals surface area contributed by atoms with Crippen molar-refractivity contribution >= 4 is 11.3 Å². The van der Waals surface area contributed by atoms with Crippen LogP contribution in [-0.4, -0.2) is 37.1 Å². The van der Waals surface area contributed by atoms with Crippen LogP contribution in [0.1, 0.15) is 6.42 Å². The maximum Gasteiger partial charge on any atom is 0.390 e. The first-order valence-electron chi connectivity index (χ1n) is 6.57. The molecule has 0 saturated heterocycles. The van der Waals surface area contributed by atoms with Crippen molar-refractivity contribution in [2.24, 2.45) is 7.05 Å². The fourth-order valence-corrected chi connectivity index (χ4v) is 2.14. The molecule has 116 valence electrons. The number of anilines is 1. The second-order valence-electron chi connectivity index (χ2n) is 4.77. The zero-order chi connectivity index (χ0) is 15.7. The molecule has 0 amide bonds. The van der Waals surface area contributed by atoms with Gasteiger partial charge in [-0.3, -0.25) is 4.68 Å². The minimum Gasteiger partial charge on any atom is -0.382 e. The van der Waals surface area contributed by atoms with Crippen LogP contribution in [0.15, 0.2) is 30.7 Å². The molecule has 22 heavy (non-hydrogen) atoms. The third kappa shape index (κ3) is 2.87. The van der Waals surface area contributed by atoms with Crippen molar-refractivity contribution in [3.8, 4) is 11.4 Å². The van der Waals surface area contributed by atoms with Gasteiger partial charge in [0, 0.05) is 32.2 Å². The molecule has 0 atom stereocenters. The fraction of sp³-hybridized carbons (Fsp3) is 0.308. The van der Waals surface area contributed by atoms with E-state index in [1.54, 1.807) is 42.5 Å². The number of aromatic nitrogens is 5. The lowest BCUT2D eigenvalue weighted by atomic mass is 10.2. The van der Waals surface area contributed by atoms with E-state index in [2.05, 4.69) is 20.5 Å². The van der Waals surface area contributed by atoms with Crippen LogP contribution in [0, 0.1) is 0 Å². The number of hydrogen-bond acceptors (Lipinski definition) is 4. The third-order valence-corrected chi connectivity index (χ3v) is 3.17. The quantitative estimate of drug-likeness (QED) is 0.804. The van der Waals surface area contributed by atoms with Crippen molar-refractivity contribution < 1.29 is 13.2 Å². The lowest BCUT2D eigenvalue weighted by molar-refractivity contribution is -0.131. The van der Waals surface area contributed by atoms with E-state index in [4.69, 9.17) is 0 Å². The van der Waals surface area contributed by atoms with Gasteiger partial charge in [-0.2, -0.15) is 23.4 Å². The van der Waals surface area contributed by atoms with Gasteiger partial charge in [0.2, 0.25) is 0 Å². The highest BCUT2D eigenvalue weighted by molar-refractivity contribution is 5.72. The maximum atomic E-state index is 12.3. The standard InChI is InChI=1S/C13H13F3N6/c1-21-11(2-4-19-21)9-8-10(17-5-3-13(14,15)16)12-18-6-7-22(12)20-9/h2,4,6-8,17H,3,5H2,1H3. The largest absolute Gasteiger partial charge is 0.390 e. The molecule has 3 heterocycles. The predicted octanol–water partition coefficient (Wildman–Crippen LogP) is 2.49. The number of rotatable bonds is 4. The van der Waals surface area contributed by atoms with Gasteiger partial charge in [-0.1, -0.05) is 0 Å². The molecule has 0 aromatic carbocycles. The van der Waals surface area contributed by atoms with Crippen molar-refractivity contribution in [1.29, 1.82) is 0 Å². The van der Waals surface area contributed by atoms with Gasteiger partial charge in [0.1, 0.15) is 5.69 Å². The number of aryl methyl sites for hydroxylation is 1. The van der Waals surface area contributed by atoms with Crippen molar-refractivity contribution in [3.05, 3.63) is 30.7 Å². The molecule has 3 aromatic heterocycles. The summed E-state index contributed by atoms with van der Waals surface area (Å²) >= 11 is 0. The Labute approximate surface area is 123 Å². The Kier molecular flexibility index (Phi) is 3.47. The van der Waals surface area contributed by atoms with Gasteiger partial charge in [-0.05, 0) is 12.1 Å². The smallest absolute Gasteiger partial charge is 0.382 e. The zero-order valence-electron chi connectivity index (χ0n) is 11.7. The lowest BCUT2D eigenvalue weighted by Crippen LogP contribution is -2.15. The van der Waals surface area contributed by atoms with Crippen LogP contribution in [0.2, 0.25) is 0 Å². The molecular weight excluding hydrogens is 297 g/mol. The molecule has 3 rings (SSSR count). The van der Waals surface area contributed by atoms with E-state index in [0.29, 0.717) is 17.0 Å². The second-order valence-corrected chi connectivity index (χ2v) is 4.77. The highest BCUT2D eigenvalue weighted by atomic mass is 19.4. The first kappa shape index (κ1) is 14.4. The minimum absolute atomic E-state index is 0.221. The molecule has 0 fully saturated rings. The summed E-state index contributed by atoms with van der Waals surface area (Å²) in [6, 6.07) is 3.46. The fourth-order valence-electron chi connectivity index (χ4n) is 2.14.